The van der Waals surface area contributed by atoms with Gasteiger partial charge < -0.3 is 24.6 Å². The van der Waals surface area contributed by atoms with E-state index in [9.17, 15) is 14.4 Å². The maximum atomic E-state index is 13.6. The lowest BCUT2D eigenvalue weighted by molar-refractivity contribution is 0.0635. The van der Waals surface area contributed by atoms with E-state index < -0.39 is 17.8 Å². The van der Waals surface area contributed by atoms with Gasteiger partial charge in [-0.05, 0) is 69.0 Å². The van der Waals surface area contributed by atoms with Crippen molar-refractivity contribution in [3.05, 3.63) is 66.2 Å². The van der Waals surface area contributed by atoms with Gasteiger partial charge in [-0.3, -0.25) is 10.2 Å². The number of urea groups is 1. The maximum Gasteiger partial charge on any atom is 0.415 e. The summed E-state index contributed by atoms with van der Waals surface area (Å²) in [7, 11) is 2.03. The van der Waals surface area contributed by atoms with Gasteiger partial charge in [0.25, 0.3) is 0 Å². The summed E-state index contributed by atoms with van der Waals surface area (Å²) in [5, 5.41) is 7.48. The molecule has 0 aromatic heterocycles. The highest BCUT2D eigenvalue weighted by atomic mass is 16.6. The van der Waals surface area contributed by atoms with Crippen LogP contribution in [0.5, 0.6) is 5.75 Å². The van der Waals surface area contributed by atoms with Gasteiger partial charge in [-0.25, -0.2) is 14.4 Å². The zero-order chi connectivity index (χ0) is 30.0. The first kappa shape index (κ1) is 28.9. The average Bonchev–Trinajstić information content (AvgIpc) is 3.37. The fraction of sp³-hybridized carbons (Fsp3) is 0.344. The molecule has 3 aromatic rings. The zero-order valence-corrected chi connectivity index (χ0v) is 24.5. The third-order valence-electron chi connectivity index (χ3n) is 7.33. The number of hydrogen-bond donors (Lipinski definition) is 2. The molecule has 2 N–H and O–H groups in total. The fourth-order valence-corrected chi connectivity index (χ4v) is 5.21. The summed E-state index contributed by atoms with van der Waals surface area (Å²) in [6.07, 6.45) is 1.32. The molecule has 2 aliphatic rings. The number of rotatable bonds is 4. The second kappa shape index (κ2) is 11.7. The third kappa shape index (κ3) is 6.33. The third-order valence-corrected chi connectivity index (χ3v) is 7.33. The standard InChI is InChI=1S/C32H37N5O5/c1-6-21-19-22(33-30(39)42-32(2,3)4)11-12-26(21)34-29(38)37-14-13-24-23-9-7-8-10-25(23)28(20-27(24)37)41-31(40)36-17-15-35(5)16-18-36/h6-12,19-20H,1,13-18H2,2-5H3,(H,33,39)(H,34,38). The van der Waals surface area contributed by atoms with Crippen LogP contribution in [0.1, 0.15) is 31.9 Å². The molecule has 0 aliphatic carbocycles. The van der Waals surface area contributed by atoms with Gasteiger partial charge in [-0.1, -0.05) is 36.9 Å². The molecule has 10 heteroatoms. The predicted molar refractivity (Wildman–Crippen MR) is 166 cm³/mol. The predicted octanol–water partition coefficient (Wildman–Crippen LogP) is 6.17. The number of amides is 4. The molecule has 0 atom stereocenters. The van der Waals surface area contributed by atoms with Gasteiger partial charge in [0.2, 0.25) is 0 Å². The molecule has 2 aliphatic heterocycles. The number of nitrogens with zero attached hydrogens (tertiary/aromatic N) is 3. The van der Waals surface area contributed by atoms with Crippen LogP contribution in [0.2, 0.25) is 0 Å². The van der Waals surface area contributed by atoms with Crippen LogP contribution in [0.3, 0.4) is 0 Å². The van der Waals surface area contributed by atoms with Crippen molar-refractivity contribution < 1.29 is 23.9 Å². The highest BCUT2D eigenvalue weighted by Crippen LogP contribution is 2.40. The second-order valence-corrected chi connectivity index (χ2v) is 11.5. The Labute approximate surface area is 245 Å². The van der Waals surface area contributed by atoms with Crippen molar-refractivity contribution in [2.45, 2.75) is 32.8 Å². The Morgan fingerprint density at radius 1 is 0.929 bits per heavy atom. The van der Waals surface area contributed by atoms with Crippen molar-refractivity contribution in [3.8, 4) is 5.75 Å². The van der Waals surface area contributed by atoms with Crippen molar-refractivity contribution in [2.75, 3.05) is 55.3 Å². The molecule has 42 heavy (non-hydrogen) atoms. The van der Waals surface area contributed by atoms with Crippen LogP contribution >= 0.6 is 0 Å². The van der Waals surface area contributed by atoms with Gasteiger partial charge in [-0.2, -0.15) is 0 Å². The minimum absolute atomic E-state index is 0.323. The van der Waals surface area contributed by atoms with Crippen LogP contribution in [-0.4, -0.2) is 73.4 Å². The molecule has 0 bridgehead atoms. The van der Waals surface area contributed by atoms with Crippen LogP contribution in [0.25, 0.3) is 16.8 Å². The molecule has 0 unspecified atom stereocenters. The minimum atomic E-state index is -0.626. The number of nitrogens with one attached hydrogen (secondary N) is 2. The number of likely N-dealkylation sites (N-methyl/N-ethyl adjacent to an activating group) is 1. The summed E-state index contributed by atoms with van der Waals surface area (Å²) in [6, 6.07) is 14.4. The maximum absolute atomic E-state index is 13.6. The number of carbonyl (C=O) groups is 3. The van der Waals surface area contributed by atoms with Gasteiger partial charge in [0.15, 0.2) is 0 Å². The van der Waals surface area contributed by atoms with Crippen LogP contribution < -0.4 is 20.3 Å². The Hall–Kier alpha value is -4.57. The SMILES string of the molecule is C=Cc1cc(NC(=O)OC(C)(C)C)ccc1NC(=O)N1CCc2c1cc(OC(=O)N1CCN(C)CC1)c1ccccc21. The van der Waals surface area contributed by atoms with Crippen LogP contribution in [0.4, 0.5) is 31.4 Å². The molecular weight excluding hydrogens is 534 g/mol. The van der Waals surface area contributed by atoms with Crippen molar-refractivity contribution in [1.82, 2.24) is 9.80 Å². The molecule has 5 rings (SSSR count). The molecule has 3 aromatic carbocycles. The highest BCUT2D eigenvalue weighted by molar-refractivity contribution is 6.08. The van der Waals surface area contributed by atoms with E-state index in [0.29, 0.717) is 54.4 Å². The lowest BCUT2D eigenvalue weighted by Gasteiger charge is -2.31. The molecule has 0 spiro atoms. The monoisotopic (exact) mass is 571 g/mol. The summed E-state index contributed by atoms with van der Waals surface area (Å²) in [5.74, 6) is 0.428. The molecule has 0 radical (unpaired) electrons. The van der Waals surface area contributed by atoms with Crippen molar-refractivity contribution in [3.63, 3.8) is 0 Å². The lowest BCUT2D eigenvalue weighted by Crippen LogP contribution is -2.48. The molecular formula is C32H37N5O5. The molecule has 4 amide bonds. The van der Waals surface area contributed by atoms with Crippen LogP contribution in [0, 0.1) is 0 Å². The molecule has 2 heterocycles. The Balaban J connectivity index is 1.37. The molecule has 1 saturated heterocycles. The van der Waals surface area contributed by atoms with Gasteiger partial charge in [-0.15, -0.1) is 0 Å². The molecule has 1 fully saturated rings. The number of hydrogen-bond acceptors (Lipinski definition) is 6. The quantitative estimate of drug-likeness (QED) is 0.388. The van der Waals surface area contributed by atoms with E-state index in [2.05, 4.69) is 22.1 Å². The largest absolute Gasteiger partial charge is 0.444 e. The highest BCUT2D eigenvalue weighted by Gasteiger charge is 2.30. The Bertz CT molecular complexity index is 1540. The molecule has 220 valence electrons. The molecule has 10 nitrogen and oxygen atoms in total. The van der Waals surface area contributed by atoms with E-state index in [-0.39, 0.29) is 6.03 Å². The lowest BCUT2D eigenvalue weighted by atomic mass is 10.0. The Kier molecular flexibility index (Phi) is 8.08. The van der Waals surface area contributed by atoms with Gasteiger partial charge in [0.05, 0.1) is 5.69 Å². The first-order valence-corrected chi connectivity index (χ1v) is 14.1. The van der Waals surface area contributed by atoms with E-state index in [0.717, 1.165) is 29.4 Å². The van der Waals surface area contributed by atoms with E-state index in [1.807, 2.05) is 31.3 Å². The van der Waals surface area contributed by atoms with Crippen molar-refractivity contribution >= 4 is 52.1 Å². The normalized spacial score (nSPS) is 15.2. The average molecular weight is 572 g/mol. The molecule has 0 saturated carbocycles. The Morgan fingerprint density at radius 2 is 1.64 bits per heavy atom. The van der Waals surface area contributed by atoms with Gasteiger partial charge in [0.1, 0.15) is 11.4 Å². The smallest absolute Gasteiger partial charge is 0.415 e. The summed E-state index contributed by atoms with van der Waals surface area (Å²) < 4.78 is 11.3. The summed E-state index contributed by atoms with van der Waals surface area (Å²) in [5.41, 5.74) is 2.80. The number of benzene rings is 3. The number of carbonyl (C=O) groups excluding carboxylic acids is 3. The van der Waals surface area contributed by atoms with E-state index in [4.69, 9.17) is 9.47 Å². The number of piperazine rings is 1. The zero-order valence-electron chi connectivity index (χ0n) is 24.5. The van der Waals surface area contributed by atoms with Gasteiger partial charge in [0, 0.05) is 55.6 Å². The number of ether oxygens (including phenoxy) is 2. The first-order valence-electron chi connectivity index (χ1n) is 14.1. The summed E-state index contributed by atoms with van der Waals surface area (Å²) in [6.45, 7) is 12.5. The minimum Gasteiger partial charge on any atom is -0.444 e. The van der Waals surface area contributed by atoms with E-state index >= 15 is 0 Å². The first-order chi connectivity index (χ1) is 20.0. The second-order valence-electron chi connectivity index (χ2n) is 11.5. The summed E-state index contributed by atoms with van der Waals surface area (Å²) in [4.78, 5) is 44.4. The fourth-order valence-electron chi connectivity index (χ4n) is 5.21. The number of anilines is 3. The topological polar surface area (TPSA) is 103 Å². The van der Waals surface area contributed by atoms with E-state index in [1.54, 1.807) is 60.9 Å². The van der Waals surface area contributed by atoms with E-state index in [1.165, 1.54) is 0 Å². The number of fused-ring (bicyclic) bond motifs is 3. The van der Waals surface area contributed by atoms with Crippen molar-refractivity contribution in [1.29, 1.82) is 0 Å². The van der Waals surface area contributed by atoms with Crippen molar-refractivity contribution in [2.24, 2.45) is 0 Å². The summed E-state index contributed by atoms with van der Waals surface area (Å²) >= 11 is 0. The van der Waals surface area contributed by atoms with Crippen LogP contribution in [-0.2, 0) is 11.2 Å². The Morgan fingerprint density at radius 3 is 2.33 bits per heavy atom. The van der Waals surface area contributed by atoms with Gasteiger partial charge >= 0.3 is 18.2 Å². The van der Waals surface area contributed by atoms with Crippen LogP contribution in [0.15, 0.2) is 55.1 Å².